The van der Waals surface area contributed by atoms with E-state index >= 15 is 0 Å². The third-order valence-corrected chi connectivity index (χ3v) is 11.6. The van der Waals surface area contributed by atoms with Gasteiger partial charge in [-0.3, -0.25) is 8.40 Å². The number of aryl methyl sites for hydroxylation is 1. The third-order valence-electron chi connectivity index (χ3n) is 9.11. The Morgan fingerprint density at radius 1 is 0.500 bits per heavy atom. The maximum absolute atomic E-state index is 6.64. The van der Waals surface area contributed by atoms with Gasteiger partial charge in [0.05, 0.1) is 5.69 Å². The second kappa shape index (κ2) is 9.83. The van der Waals surface area contributed by atoms with E-state index in [1.165, 1.54) is 59.1 Å². The Kier molecular flexibility index (Phi) is 5.62. The standard InChI is InChI=1S/C41H28NOSi/c1-44-37-17-9-15-35(39(37)40-38(44)25-24-34-33-14-7-8-16-36(33)43-41(34)40)42(31-12-3-2-4-13-31)32-22-20-28(21-23-32)30-19-18-27-10-5-6-11-29(27)26-30/h2-26H,1H3/q-1. The van der Waals surface area contributed by atoms with Crippen LogP contribution < -0.4 is 4.90 Å². The monoisotopic (exact) mass is 578 g/mol. The highest BCUT2D eigenvalue weighted by Gasteiger charge is 2.19. The van der Waals surface area contributed by atoms with Gasteiger partial charge in [-0.1, -0.05) is 109 Å². The molecular weight excluding hydrogens is 551 g/mol. The zero-order valence-corrected chi connectivity index (χ0v) is 25.3. The highest BCUT2D eigenvalue weighted by Crippen LogP contribution is 2.46. The van der Waals surface area contributed by atoms with Crippen molar-refractivity contribution < 1.29 is 4.42 Å². The maximum Gasteiger partial charge on any atom is 0.140 e. The summed E-state index contributed by atoms with van der Waals surface area (Å²) < 4.78 is 6.64. The minimum absolute atomic E-state index is 0.941. The van der Waals surface area contributed by atoms with Crippen molar-refractivity contribution in [1.29, 1.82) is 0 Å². The van der Waals surface area contributed by atoms with E-state index in [1.807, 2.05) is 0 Å². The maximum atomic E-state index is 6.64. The summed E-state index contributed by atoms with van der Waals surface area (Å²) in [5.41, 5.74) is 7.82. The van der Waals surface area contributed by atoms with E-state index in [4.69, 9.17) is 4.42 Å². The van der Waals surface area contributed by atoms with Crippen molar-refractivity contribution in [2.45, 2.75) is 0 Å². The molecule has 44 heavy (non-hydrogen) atoms. The van der Waals surface area contributed by atoms with Crippen LogP contribution in [-0.4, -0.2) is 8.40 Å². The first-order valence-corrected chi connectivity index (χ1v) is 17.1. The Morgan fingerprint density at radius 3 is 2.07 bits per heavy atom. The van der Waals surface area contributed by atoms with Gasteiger partial charge in [0.25, 0.3) is 0 Å². The molecule has 2 nitrogen and oxygen atoms in total. The molecule has 0 saturated heterocycles. The van der Waals surface area contributed by atoms with E-state index in [-0.39, 0.29) is 0 Å². The molecule has 0 aliphatic heterocycles. The van der Waals surface area contributed by atoms with E-state index in [0.29, 0.717) is 0 Å². The Balaban J connectivity index is 1.28. The zero-order valence-electron chi connectivity index (χ0n) is 24.3. The molecular formula is C41H28NOSi-. The smallest absolute Gasteiger partial charge is 0.140 e. The van der Waals surface area contributed by atoms with Crippen LogP contribution >= 0.6 is 0 Å². The number of rotatable bonds is 4. The number of para-hydroxylation sites is 2. The van der Waals surface area contributed by atoms with E-state index in [9.17, 15) is 0 Å². The summed E-state index contributed by atoms with van der Waals surface area (Å²) in [6, 6.07) is 54.8. The lowest BCUT2D eigenvalue weighted by Crippen LogP contribution is -2.10. The van der Waals surface area contributed by atoms with Crippen molar-refractivity contribution in [3.63, 3.8) is 0 Å². The largest absolute Gasteiger partial charge is 0.456 e. The van der Waals surface area contributed by atoms with Crippen LogP contribution in [0.2, 0.25) is 0 Å². The fourth-order valence-electron chi connectivity index (χ4n) is 6.97. The Labute approximate surface area is 256 Å². The average Bonchev–Trinajstić information content (AvgIpc) is 3.61. The number of furan rings is 1. The number of nitrogens with zero attached hydrogens (tertiary/aromatic N) is 1. The minimum atomic E-state index is -0.963. The van der Waals surface area contributed by atoms with Gasteiger partial charge in [0.2, 0.25) is 0 Å². The van der Waals surface area contributed by atoms with Gasteiger partial charge in [-0.05, 0) is 75.1 Å². The lowest BCUT2D eigenvalue weighted by atomic mass is 10.0. The molecule has 0 amide bonds. The van der Waals surface area contributed by atoms with Gasteiger partial charge in [0.1, 0.15) is 11.2 Å². The van der Waals surface area contributed by atoms with E-state index in [2.05, 4.69) is 163 Å². The summed E-state index contributed by atoms with van der Waals surface area (Å²) in [5, 5.41) is 7.43. The van der Waals surface area contributed by atoms with Crippen LogP contribution in [0.5, 0.6) is 0 Å². The SMILES string of the molecule is C[si-]1c2cccc(N(c3ccccc3)c3ccc(-c4ccc5ccccc5c4)cc3)c2c2c3oc4ccccc4c3ccc21. The Hall–Kier alpha value is -5.38. The van der Waals surface area contributed by atoms with Crippen molar-refractivity contribution in [3.8, 4) is 11.1 Å². The molecule has 0 spiro atoms. The highest BCUT2D eigenvalue weighted by atomic mass is 28.2. The second-order valence-electron chi connectivity index (χ2n) is 11.6. The predicted octanol–water partition coefficient (Wildman–Crippen LogP) is 11.5. The first-order chi connectivity index (χ1) is 21.7. The molecule has 0 bridgehead atoms. The predicted molar refractivity (Wildman–Crippen MR) is 189 cm³/mol. The molecule has 9 aromatic rings. The van der Waals surface area contributed by atoms with Gasteiger partial charge in [-0.2, -0.15) is 16.5 Å². The van der Waals surface area contributed by atoms with Crippen LogP contribution in [0.3, 0.4) is 0 Å². The van der Waals surface area contributed by atoms with E-state index < -0.39 is 8.40 Å². The first kappa shape index (κ1) is 25.1. The Bertz CT molecular complexity index is 2500. The number of fused-ring (bicyclic) bond motifs is 8. The number of hydrogen-bond donors (Lipinski definition) is 0. The van der Waals surface area contributed by atoms with Crippen LogP contribution in [-0.2, 0) is 6.55 Å². The number of hydrogen-bond acceptors (Lipinski definition) is 2. The first-order valence-electron chi connectivity index (χ1n) is 15.1. The minimum Gasteiger partial charge on any atom is -0.456 e. The van der Waals surface area contributed by atoms with Gasteiger partial charge < -0.3 is 9.32 Å². The fraction of sp³-hybridized carbons (Fsp3) is 0.0244. The van der Waals surface area contributed by atoms with Gasteiger partial charge in [-0.25, -0.2) is 0 Å². The lowest BCUT2D eigenvalue weighted by molar-refractivity contribution is 0.673. The van der Waals surface area contributed by atoms with E-state index in [0.717, 1.165) is 22.5 Å². The van der Waals surface area contributed by atoms with Crippen LogP contribution in [0, 0.1) is 0 Å². The normalized spacial score (nSPS) is 11.8. The quantitative estimate of drug-likeness (QED) is 0.193. The van der Waals surface area contributed by atoms with Gasteiger partial charge in [0, 0.05) is 22.1 Å². The molecule has 0 aliphatic rings. The molecule has 2 aromatic heterocycles. The van der Waals surface area contributed by atoms with E-state index in [1.54, 1.807) is 0 Å². The molecule has 0 aliphatic carbocycles. The molecule has 0 atom stereocenters. The summed E-state index contributed by atoms with van der Waals surface area (Å²) in [7, 11) is -0.963. The zero-order chi connectivity index (χ0) is 29.2. The molecule has 208 valence electrons. The van der Waals surface area contributed by atoms with Crippen molar-refractivity contribution >= 4 is 78.9 Å². The van der Waals surface area contributed by atoms with Gasteiger partial charge in [-0.15, -0.1) is 0 Å². The number of benzene rings is 7. The van der Waals surface area contributed by atoms with Gasteiger partial charge in [0.15, 0.2) is 0 Å². The molecule has 0 radical (unpaired) electrons. The molecule has 0 N–H and O–H groups in total. The van der Waals surface area contributed by atoms with Crippen molar-refractivity contribution in [2.24, 2.45) is 6.55 Å². The summed E-state index contributed by atoms with van der Waals surface area (Å²) in [6.45, 7) is 2.42. The lowest BCUT2D eigenvalue weighted by Gasteiger charge is -2.27. The molecule has 3 heteroatoms. The molecule has 9 rings (SSSR count). The molecule has 0 saturated carbocycles. The van der Waals surface area contributed by atoms with Crippen molar-refractivity contribution in [3.05, 3.63) is 152 Å². The highest BCUT2D eigenvalue weighted by molar-refractivity contribution is 6.78. The summed E-state index contributed by atoms with van der Waals surface area (Å²) in [6.07, 6.45) is 0. The fourth-order valence-corrected chi connectivity index (χ4v) is 9.18. The van der Waals surface area contributed by atoms with Crippen molar-refractivity contribution in [2.75, 3.05) is 4.90 Å². The second-order valence-corrected chi connectivity index (χ2v) is 13.9. The van der Waals surface area contributed by atoms with Crippen LogP contribution in [0.1, 0.15) is 0 Å². The van der Waals surface area contributed by atoms with Crippen molar-refractivity contribution in [1.82, 2.24) is 0 Å². The molecule has 7 aromatic carbocycles. The van der Waals surface area contributed by atoms with Crippen LogP contribution in [0.15, 0.2) is 156 Å². The topological polar surface area (TPSA) is 16.4 Å². The Morgan fingerprint density at radius 2 is 1.20 bits per heavy atom. The van der Waals surface area contributed by atoms with Gasteiger partial charge >= 0.3 is 0 Å². The summed E-state index contributed by atoms with van der Waals surface area (Å²) in [5.74, 6) is 0. The molecule has 2 heterocycles. The third kappa shape index (κ3) is 3.80. The average molecular weight is 579 g/mol. The van der Waals surface area contributed by atoms with Crippen LogP contribution in [0.25, 0.3) is 64.6 Å². The summed E-state index contributed by atoms with van der Waals surface area (Å²) in [4.78, 5) is 5.27. The molecule has 0 unspecified atom stereocenters. The van der Waals surface area contributed by atoms with Crippen LogP contribution in [0.4, 0.5) is 17.1 Å². The number of anilines is 3. The summed E-state index contributed by atoms with van der Waals surface area (Å²) >= 11 is 0. The molecule has 0 fully saturated rings.